The third-order valence-corrected chi connectivity index (χ3v) is 6.04. The number of carbonyl (C=O) groups excluding carboxylic acids is 1. The zero-order valence-corrected chi connectivity index (χ0v) is 15.0. The molecule has 2 rings (SSSR count). The summed E-state index contributed by atoms with van der Waals surface area (Å²) in [6, 6.07) is 2.94. The lowest BCUT2D eigenvalue weighted by Gasteiger charge is -2.27. The van der Waals surface area contributed by atoms with Crippen LogP contribution in [0.1, 0.15) is 24.8 Å². The van der Waals surface area contributed by atoms with E-state index in [1.165, 1.54) is 37.8 Å². The van der Waals surface area contributed by atoms with Crippen molar-refractivity contribution in [2.75, 3.05) is 34.4 Å². The summed E-state index contributed by atoms with van der Waals surface area (Å²) in [6.07, 6.45) is 2.53. The summed E-state index contributed by atoms with van der Waals surface area (Å²) in [5.74, 6) is 0.160. The number of esters is 1. The first-order valence-electron chi connectivity index (χ1n) is 7.76. The molecular formula is C16H23NO6S. The van der Waals surface area contributed by atoms with E-state index in [1.54, 1.807) is 0 Å². The number of sulfonamides is 1. The molecule has 8 heteroatoms. The van der Waals surface area contributed by atoms with Crippen LogP contribution >= 0.6 is 0 Å². The highest BCUT2D eigenvalue weighted by Crippen LogP contribution is 2.35. The highest BCUT2D eigenvalue weighted by molar-refractivity contribution is 7.89. The maximum absolute atomic E-state index is 13.0. The van der Waals surface area contributed by atoms with Crippen LogP contribution in [0, 0.1) is 0 Å². The Hall–Kier alpha value is -1.80. The first kappa shape index (κ1) is 18.5. The van der Waals surface area contributed by atoms with Crippen LogP contribution in [0.3, 0.4) is 0 Å². The molecule has 0 atom stereocenters. The molecular weight excluding hydrogens is 334 g/mol. The predicted molar refractivity (Wildman–Crippen MR) is 87.9 cm³/mol. The maximum Gasteiger partial charge on any atom is 0.310 e. The van der Waals surface area contributed by atoms with Crippen LogP contribution in [0.4, 0.5) is 0 Å². The average molecular weight is 357 g/mol. The number of carbonyl (C=O) groups is 1. The number of hydrogen-bond acceptors (Lipinski definition) is 6. The molecule has 7 nitrogen and oxygen atoms in total. The van der Waals surface area contributed by atoms with Gasteiger partial charge >= 0.3 is 5.97 Å². The first-order chi connectivity index (χ1) is 11.4. The van der Waals surface area contributed by atoms with Crippen molar-refractivity contribution in [1.82, 2.24) is 4.31 Å². The van der Waals surface area contributed by atoms with Crippen LogP contribution in [0.15, 0.2) is 17.0 Å². The number of hydrogen-bond donors (Lipinski definition) is 0. The third-order valence-electron chi connectivity index (χ3n) is 4.06. The molecule has 1 aliphatic heterocycles. The van der Waals surface area contributed by atoms with Crippen molar-refractivity contribution < 1.29 is 27.4 Å². The third kappa shape index (κ3) is 3.81. The summed E-state index contributed by atoms with van der Waals surface area (Å²) in [6.45, 7) is 0.961. The molecule has 0 aromatic heterocycles. The summed E-state index contributed by atoms with van der Waals surface area (Å²) in [5.41, 5.74) is 0.338. The molecule has 0 unspecified atom stereocenters. The van der Waals surface area contributed by atoms with Crippen molar-refractivity contribution in [1.29, 1.82) is 0 Å². The molecule has 24 heavy (non-hydrogen) atoms. The van der Waals surface area contributed by atoms with Crippen LogP contribution in [0.25, 0.3) is 0 Å². The SMILES string of the molecule is COC(=O)Cc1cc(OC)c(OC)cc1S(=O)(=O)N1CCCCC1. The van der Waals surface area contributed by atoms with Gasteiger partial charge in [-0.05, 0) is 24.5 Å². The monoisotopic (exact) mass is 357 g/mol. The van der Waals surface area contributed by atoms with E-state index in [2.05, 4.69) is 4.74 Å². The van der Waals surface area contributed by atoms with Crippen molar-refractivity contribution in [2.24, 2.45) is 0 Å². The summed E-state index contributed by atoms with van der Waals surface area (Å²) >= 11 is 0. The van der Waals surface area contributed by atoms with Crippen molar-refractivity contribution in [3.05, 3.63) is 17.7 Å². The minimum absolute atomic E-state index is 0.0625. The van der Waals surface area contributed by atoms with Crippen molar-refractivity contribution in [3.8, 4) is 11.5 Å². The zero-order chi connectivity index (χ0) is 17.7. The van der Waals surface area contributed by atoms with E-state index in [-0.39, 0.29) is 11.3 Å². The Labute approximate surface area is 142 Å². The number of benzene rings is 1. The van der Waals surface area contributed by atoms with E-state index >= 15 is 0 Å². The Morgan fingerprint density at radius 3 is 2.17 bits per heavy atom. The van der Waals surface area contributed by atoms with Crippen LogP contribution in [0.2, 0.25) is 0 Å². The second-order valence-corrected chi connectivity index (χ2v) is 7.44. The summed E-state index contributed by atoms with van der Waals surface area (Å²) in [4.78, 5) is 11.8. The van der Waals surface area contributed by atoms with Gasteiger partial charge in [0.2, 0.25) is 10.0 Å². The number of nitrogens with zero attached hydrogens (tertiary/aromatic N) is 1. The molecule has 0 spiro atoms. The van der Waals surface area contributed by atoms with E-state index in [9.17, 15) is 13.2 Å². The first-order valence-corrected chi connectivity index (χ1v) is 9.20. The van der Waals surface area contributed by atoms with E-state index in [1.807, 2.05) is 0 Å². The molecule has 1 saturated heterocycles. The number of methoxy groups -OCH3 is 3. The molecule has 0 aliphatic carbocycles. The lowest BCUT2D eigenvalue weighted by atomic mass is 10.1. The Morgan fingerprint density at radius 2 is 1.62 bits per heavy atom. The van der Waals surface area contributed by atoms with Gasteiger partial charge in [-0.2, -0.15) is 4.31 Å². The number of rotatable bonds is 6. The molecule has 0 saturated carbocycles. The Bertz CT molecular complexity index is 695. The van der Waals surface area contributed by atoms with Gasteiger partial charge in [0.25, 0.3) is 0 Å². The quantitative estimate of drug-likeness (QED) is 0.719. The standard InChI is InChI=1S/C16H23NO6S/c1-21-13-9-12(10-16(18)23-3)15(11-14(13)22-2)24(19,20)17-7-5-4-6-8-17/h9,11H,4-8,10H2,1-3H3. The van der Waals surface area contributed by atoms with Gasteiger partial charge < -0.3 is 14.2 Å². The fourth-order valence-corrected chi connectivity index (χ4v) is 4.49. The topological polar surface area (TPSA) is 82.1 Å². The zero-order valence-electron chi connectivity index (χ0n) is 14.2. The second kappa shape index (κ2) is 7.85. The molecule has 0 N–H and O–H groups in total. The summed E-state index contributed by atoms with van der Waals surface area (Å²) in [5, 5.41) is 0. The van der Waals surface area contributed by atoms with Crippen LogP contribution in [-0.2, 0) is 26.0 Å². The number of ether oxygens (including phenoxy) is 3. The molecule has 0 amide bonds. The average Bonchev–Trinajstić information content (AvgIpc) is 2.61. The van der Waals surface area contributed by atoms with Crippen molar-refractivity contribution in [2.45, 2.75) is 30.6 Å². The van der Waals surface area contributed by atoms with Crippen LogP contribution in [-0.4, -0.2) is 53.1 Å². The van der Waals surface area contributed by atoms with E-state index in [4.69, 9.17) is 9.47 Å². The molecule has 1 aromatic carbocycles. The molecule has 0 bridgehead atoms. The smallest absolute Gasteiger partial charge is 0.310 e. The molecule has 0 radical (unpaired) electrons. The van der Waals surface area contributed by atoms with Crippen LogP contribution < -0.4 is 9.47 Å². The minimum atomic E-state index is -3.71. The highest BCUT2D eigenvalue weighted by Gasteiger charge is 2.30. The van der Waals surface area contributed by atoms with Gasteiger partial charge in [-0.15, -0.1) is 0 Å². The molecule has 1 fully saturated rings. The van der Waals surface area contributed by atoms with E-state index in [0.717, 1.165) is 19.3 Å². The normalized spacial score (nSPS) is 15.8. The summed E-state index contributed by atoms with van der Waals surface area (Å²) < 4.78 is 42.6. The van der Waals surface area contributed by atoms with Gasteiger partial charge in [-0.1, -0.05) is 6.42 Å². The Kier molecular flexibility index (Phi) is 6.06. The molecule has 1 heterocycles. The minimum Gasteiger partial charge on any atom is -0.493 e. The van der Waals surface area contributed by atoms with Gasteiger partial charge in [-0.3, -0.25) is 4.79 Å². The lowest BCUT2D eigenvalue weighted by Crippen LogP contribution is -2.36. The maximum atomic E-state index is 13.0. The van der Waals surface area contributed by atoms with Crippen molar-refractivity contribution in [3.63, 3.8) is 0 Å². The fourth-order valence-electron chi connectivity index (χ4n) is 2.75. The Balaban J connectivity index is 2.54. The number of piperidine rings is 1. The van der Waals surface area contributed by atoms with E-state index in [0.29, 0.717) is 30.2 Å². The van der Waals surface area contributed by atoms with Crippen LogP contribution in [0.5, 0.6) is 11.5 Å². The molecule has 134 valence electrons. The van der Waals surface area contributed by atoms with Gasteiger partial charge in [0.1, 0.15) is 0 Å². The lowest BCUT2D eigenvalue weighted by molar-refractivity contribution is -0.139. The largest absolute Gasteiger partial charge is 0.493 e. The predicted octanol–water partition coefficient (Wildman–Crippen LogP) is 1.59. The van der Waals surface area contributed by atoms with Crippen molar-refractivity contribution >= 4 is 16.0 Å². The van der Waals surface area contributed by atoms with E-state index < -0.39 is 16.0 Å². The Morgan fingerprint density at radius 1 is 1.04 bits per heavy atom. The van der Waals surface area contributed by atoms with Gasteiger partial charge in [0.15, 0.2) is 11.5 Å². The summed E-state index contributed by atoms with van der Waals surface area (Å²) in [7, 11) is 0.448. The second-order valence-electron chi connectivity index (χ2n) is 5.53. The molecule has 1 aromatic rings. The van der Waals surface area contributed by atoms with Gasteiger partial charge in [0.05, 0.1) is 32.6 Å². The van der Waals surface area contributed by atoms with Gasteiger partial charge in [-0.25, -0.2) is 8.42 Å². The molecule has 1 aliphatic rings. The fraction of sp³-hybridized carbons (Fsp3) is 0.562. The highest BCUT2D eigenvalue weighted by atomic mass is 32.2. The van der Waals surface area contributed by atoms with Gasteiger partial charge in [0, 0.05) is 19.2 Å².